The van der Waals surface area contributed by atoms with Crippen LogP contribution in [0.25, 0.3) is 11.4 Å². The maximum absolute atomic E-state index is 12.4. The van der Waals surface area contributed by atoms with E-state index in [9.17, 15) is 14.9 Å². The number of hydrogen-bond donors (Lipinski definition) is 1. The van der Waals surface area contributed by atoms with E-state index in [-0.39, 0.29) is 22.4 Å². The molecule has 162 valence electrons. The molecule has 0 bridgehead atoms. The number of rotatable bonds is 9. The molecule has 0 unspecified atom stereocenters. The Labute approximate surface area is 192 Å². The summed E-state index contributed by atoms with van der Waals surface area (Å²) in [5, 5.41) is 25.0. The highest BCUT2D eigenvalue weighted by Gasteiger charge is 2.19. The summed E-state index contributed by atoms with van der Waals surface area (Å²) in [4.78, 5) is 24.1. The molecule has 0 aliphatic heterocycles. The number of thiophene rings is 1. The first-order chi connectivity index (χ1) is 14.8. The molecular formula is C20H20ClN5O3S2. The third kappa shape index (κ3) is 5.15. The van der Waals surface area contributed by atoms with Gasteiger partial charge in [0, 0.05) is 34.1 Å². The van der Waals surface area contributed by atoms with Crippen LogP contribution in [0.3, 0.4) is 0 Å². The van der Waals surface area contributed by atoms with Crippen LogP contribution in [0.1, 0.15) is 17.4 Å². The number of thioether (sulfide) groups is 1. The molecule has 31 heavy (non-hydrogen) atoms. The van der Waals surface area contributed by atoms with Crippen molar-refractivity contribution in [2.24, 2.45) is 0 Å². The molecule has 2 aromatic heterocycles. The Morgan fingerprint density at radius 1 is 1.45 bits per heavy atom. The zero-order valence-corrected chi connectivity index (χ0v) is 19.3. The van der Waals surface area contributed by atoms with Crippen LogP contribution >= 0.6 is 34.7 Å². The van der Waals surface area contributed by atoms with E-state index < -0.39 is 4.92 Å². The van der Waals surface area contributed by atoms with Crippen molar-refractivity contribution in [1.29, 1.82) is 0 Å². The zero-order chi connectivity index (χ0) is 22.5. The molecule has 0 atom stereocenters. The fourth-order valence-corrected chi connectivity index (χ4v) is 4.93. The molecule has 0 spiro atoms. The molecule has 0 aliphatic rings. The molecule has 11 heteroatoms. The van der Waals surface area contributed by atoms with Crippen LogP contribution in [0.15, 0.2) is 41.4 Å². The molecule has 0 saturated carbocycles. The lowest BCUT2D eigenvalue weighted by Gasteiger charge is -2.09. The normalized spacial score (nSPS) is 10.8. The fraction of sp³-hybridized carbons (Fsp3) is 0.250. The van der Waals surface area contributed by atoms with E-state index in [2.05, 4.69) is 41.3 Å². The van der Waals surface area contributed by atoms with E-state index in [4.69, 9.17) is 11.6 Å². The standard InChI is InChI=1S/C20H20ClN5O3S2/c1-4-8-25-19(15-10-30-12(3)14(15)5-2)23-24-20(25)31-11-18(27)22-13-6-7-16(21)17(9-13)26(28)29/h4,6-7,9-10H,1,5,8,11H2,2-3H3,(H,22,27). The molecule has 0 aliphatic carbocycles. The van der Waals surface area contributed by atoms with E-state index in [1.54, 1.807) is 17.4 Å². The minimum absolute atomic E-state index is 0.0116. The Bertz CT molecular complexity index is 1140. The number of aryl methyl sites for hydroxylation is 1. The van der Waals surface area contributed by atoms with Crippen molar-refractivity contribution in [2.75, 3.05) is 11.1 Å². The summed E-state index contributed by atoms with van der Waals surface area (Å²) in [5.74, 6) is 0.490. The van der Waals surface area contributed by atoms with Crippen LogP contribution in [-0.2, 0) is 17.8 Å². The topological polar surface area (TPSA) is 103 Å². The van der Waals surface area contributed by atoms with Gasteiger partial charge in [-0.15, -0.1) is 28.1 Å². The predicted octanol–water partition coefficient (Wildman–Crippen LogP) is 5.36. The van der Waals surface area contributed by atoms with Crippen molar-refractivity contribution < 1.29 is 9.72 Å². The lowest BCUT2D eigenvalue weighted by Crippen LogP contribution is -2.15. The largest absolute Gasteiger partial charge is 0.325 e. The first-order valence-corrected chi connectivity index (χ1v) is 11.6. The van der Waals surface area contributed by atoms with Crippen molar-refractivity contribution in [2.45, 2.75) is 32.0 Å². The number of allylic oxidation sites excluding steroid dienone is 1. The number of amides is 1. The molecule has 1 amide bonds. The van der Waals surface area contributed by atoms with Gasteiger partial charge < -0.3 is 5.32 Å². The van der Waals surface area contributed by atoms with Crippen LogP contribution in [0.5, 0.6) is 0 Å². The number of benzene rings is 1. The molecule has 8 nitrogen and oxygen atoms in total. The van der Waals surface area contributed by atoms with Gasteiger partial charge in [-0.1, -0.05) is 36.4 Å². The summed E-state index contributed by atoms with van der Waals surface area (Å²) in [7, 11) is 0. The summed E-state index contributed by atoms with van der Waals surface area (Å²) in [5.41, 5.74) is 2.32. The number of carbonyl (C=O) groups is 1. The van der Waals surface area contributed by atoms with E-state index in [0.29, 0.717) is 17.4 Å². The summed E-state index contributed by atoms with van der Waals surface area (Å²) in [6.45, 7) is 8.51. The summed E-state index contributed by atoms with van der Waals surface area (Å²) in [6.07, 6.45) is 2.65. The van der Waals surface area contributed by atoms with Crippen molar-refractivity contribution in [3.05, 3.63) is 61.8 Å². The van der Waals surface area contributed by atoms with Gasteiger partial charge in [0.15, 0.2) is 11.0 Å². The minimum atomic E-state index is -0.595. The van der Waals surface area contributed by atoms with Crippen LogP contribution in [0.4, 0.5) is 11.4 Å². The zero-order valence-electron chi connectivity index (χ0n) is 16.9. The van der Waals surface area contributed by atoms with Crippen LogP contribution in [0, 0.1) is 17.0 Å². The second-order valence-corrected chi connectivity index (χ2v) is 8.94. The Morgan fingerprint density at radius 3 is 2.90 bits per heavy atom. The van der Waals surface area contributed by atoms with Gasteiger partial charge in [-0.2, -0.15) is 0 Å². The summed E-state index contributed by atoms with van der Waals surface area (Å²) >= 11 is 8.72. The molecule has 3 rings (SSSR count). The van der Waals surface area contributed by atoms with Crippen LogP contribution in [0.2, 0.25) is 5.02 Å². The van der Waals surface area contributed by atoms with Gasteiger partial charge in [0.25, 0.3) is 5.69 Å². The van der Waals surface area contributed by atoms with Crippen LogP contribution < -0.4 is 5.32 Å². The van der Waals surface area contributed by atoms with Crippen molar-refractivity contribution >= 4 is 52.0 Å². The quantitative estimate of drug-likeness (QED) is 0.193. The lowest BCUT2D eigenvalue weighted by atomic mass is 10.1. The number of nitro benzene ring substituents is 1. The highest BCUT2D eigenvalue weighted by atomic mass is 35.5. The number of carbonyl (C=O) groups excluding carboxylic acids is 1. The molecule has 0 saturated heterocycles. The first-order valence-electron chi connectivity index (χ1n) is 9.33. The monoisotopic (exact) mass is 477 g/mol. The van der Waals surface area contributed by atoms with Gasteiger partial charge in [-0.3, -0.25) is 19.5 Å². The number of anilines is 1. The van der Waals surface area contributed by atoms with Crippen molar-refractivity contribution in [3.8, 4) is 11.4 Å². The maximum Gasteiger partial charge on any atom is 0.289 e. The van der Waals surface area contributed by atoms with Gasteiger partial charge >= 0.3 is 0 Å². The molecule has 1 aromatic carbocycles. The molecule has 3 aromatic rings. The second-order valence-electron chi connectivity index (χ2n) is 6.50. The van der Waals surface area contributed by atoms with Gasteiger partial charge in [0.1, 0.15) is 5.02 Å². The molecule has 2 heterocycles. The molecule has 0 fully saturated rings. The number of nitro groups is 1. The Kier molecular flexibility index (Phi) is 7.47. The maximum atomic E-state index is 12.4. The third-order valence-electron chi connectivity index (χ3n) is 4.49. The van der Waals surface area contributed by atoms with Gasteiger partial charge in [0.2, 0.25) is 5.91 Å². The average molecular weight is 478 g/mol. The van der Waals surface area contributed by atoms with E-state index >= 15 is 0 Å². The molecule has 1 N–H and O–H groups in total. The van der Waals surface area contributed by atoms with Crippen molar-refractivity contribution in [3.63, 3.8) is 0 Å². The minimum Gasteiger partial charge on any atom is -0.325 e. The third-order valence-corrected chi connectivity index (χ3v) is 6.73. The second kappa shape index (κ2) is 10.1. The Balaban J connectivity index is 1.75. The molecular weight excluding hydrogens is 458 g/mol. The Morgan fingerprint density at radius 2 is 2.23 bits per heavy atom. The summed E-state index contributed by atoms with van der Waals surface area (Å²) in [6, 6.07) is 4.12. The number of nitrogens with one attached hydrogen (secondary N) is 1. The average Bonchev–Trinajstić information content (AvgIpc) is 3.30. The van der Waals surface area contributed by atoms with E-state index in [0.717, 1.165) is 17.8 Å². The summed E-state index contributed by atoms with van der Waals surface area (Å²) < 4.78 is 1.93. The number of halogens is 1. The van der Waals surface area contributed by atoms with E-state index in [1.165, 1.54) is 40.4 Å². The lowest BCUT2D eigenvalue weighted by molar-refractivity contribution is -0.384. The first kappa shape index (κ1) is 23.0. The highest BCUT2D eigenvalue weighted by molar-refractivity contribution is 7.99. The van der Waals surface area contributed by atoms with Gasteiger partial charge in [0.05, 0.1) is 10.7 Å². The number of hydrogen-bond acceptors (Lipinski definition) is 7. The van der Waals surface area contributed by atoms with Gasteiger partial charge in [-0.25, -0.2) is 0 Å². The number of nitrogens with zero attached hydrogens (tertiary/aromatic N) is 4. The Hall–Kier alpha value is -2.69. The number of aromatic nitrogens is 3. The molecule has 0 radical (unpaired) electrons. The van der Waals surface area contributed by atoms with E-state index in [1.807, 2.05) is 4.57 Å². The van der Waals surface area contributed by atoms with Gasteiger partial charge in [-0.05, 0) is 31.0 Å². The smallest absolute Gasteiger partial charge is 0.289 e. The predicted molar refractivity (Wildman–Crippen MR) is 125 cm³/mol. The fourth-order valence-electron chi connectivity index (χ4n) is 3.05. The SMILES string of the molecule is C=CCn1c(SCC(=O)Nc2ccc(Cl)c([N+](=O)[O-])c2)nnc1-c1csc(C)c1CC. The van der Waals surface area contributed by atoms with Crippen LogP contribution in [-0.4, -0.2) is 31.3 Å². The van der Waals surface area contributed by atoms with Crippen molar-refractivity contribution in [1.82, 2.24) is 14.8 Å². The highest BCUT2D eigenvalue weighted by Crippen LogP contribution is 2.33.